The number of pyridine rings is 2. The molecule has 0 spiro atoms. The van der Waals surface area contributed by atoms with Crippen LogP contribution in [0.15, 0.2) is 35.3 Å². The summed E-state index contributed by atoms with van der Waals surface area (Å²) >= 11 is 6.48. The molecule has 8 nitrogen and oxygen atoms in total. The fraction of sp³-hybridized carbons (Fsp3) is 0.481. The number of aliphatic hydroxyl groups excluding tert-OH is 1. The van der Waals surface area contributed by atoms with Crippen molar-refractivity contribution in [3.63, 3.8) is 0 Å². The van der Waals surface area contributed by atoms with Gasteiger partial charge in [-0.3, -0.25) is 4.79 Å². The number of piperidine rings is 1. The summed E-state index contributed by atoms with van der Waals surface area (Å²) in [7, 11) is 1.60. The lowest BCUT2D eigenvalue weighted by atomic mass is 9.98. The molecule has 3 atom stereocenters. The third kappa shape index (κ3) is 4.53. The molecule has 3 N–H and O–H groups in total. The number of β-amino-alcohol motifs (C(OH)–C–C–N with tert-alkyl or cyclic N) is 1. The average molecular weight is 546 g/mol. The van der Waals surface area contributed by atoms with E-state index in [9.17, 15) is 18.7 Å². The van der Waals surface area contributed by atoms with Crippen molar-refractivity contribution in [2.75, 3.05) is 35.2 Å². The molecule has 1 aliphatic carbocycles. The maximum atomic E-state index is 14.9. The Kier molecular flexibility index (Phi) is 6.14. The fourth-order valence-electron chi connectivity index (χ4n) is 5.64. The first-order valence-corrected chi connectivity index (χ1v) is 13.3. The molecule has 4 heterocycles. The predicted molar refractivity (Wildman–Crippen MR) is 144 cm³/mol. The number of aliphatic hydroxyl groups is 1. The van der Waals surface area contributed by atoms with Crippen LogP contribution in [0.1, 0.15) is 26.2 Å². The van der Waals surface area contributed by atoms with Gasteiger partial charge in [0.25, 0.3) is 5.56 Å². The quantitative estimate of drug-likeness (QED) is 0.435. The standard InChI is InChI=1S/C27H30ClF2N5O3/c1-14-7-17(36)12-35(11-14)22-9-20(19(28)10-31-22)32-16-5-6-21-18(8-16)23-24(26(37)34(21)2)38-13-27(29,30)25(33-23)15-3-4-15/h5-6,8-10,14-15,17,25,33,36H,3-4,7,11-13H2,1-2H3,(H,31,32)/t14-,17+,25?/m0/s1. The van der Waals surface area contributed by atoms with Crippen LogP contribution < -0.4 is 25.8 Å². The van der Waals surface area contributed by atoms with Crippen molar-refractivity contribution < 1.29 is 18.6 Å². The number of hydrogen-bond acceptors (Lipinski definition) is 7. The summed E-state index contributed by atoms with van der Waals surface area (Å²) in [5.74, 6) is -2.33. The van der Waals surface area contributed by atoms with Crippen molar-refractivity contribution >= 4 is 45.4 Å². The van der Waals surface area contributed by atoms with Crippen molar-refractivity contribution in [3.8, 4) is 5.75 Å². The zero-order valence-corrected chi connectivity index (χ0v) is 21.9. The highest BCUT2D eigenvalue weighted by Crippen LogP contribution is 2.45. The van der Waals surface area contributed by atoms with Gasteiger partial charge in [0.15, 0.2) is 6.61 Å². The van der Waals surface area contributed by atoms with Gasteiger partial charge in [-0.15, -0.1) is 0 Å². The summed E-state index contributed by atoms with van der Waals surface area (Å²) in [6.07, 6.45) is 3.34. The second-order valence-electron chi connectivity index (χ2n) is 10.9. The molecule has 38 heavy (non-hydrogen) atoms. The van der Waals surface area contributed by atoms with Gasteiger partial charge in [-0.25, -0.2) is 13.8 Å². The number of ether oxygens (including phenoxy) is 1. The zero-order chi connectivity index (χ0) is 26.8. The molecule has 2 aromatic heterocycles. The summed E-state index contributed by atoms with van der Waals surface area (Å²) < 4.78 is 36.7. The van der Waals surface area contributed by atoms with Crippen molar-refractivity contribution in [1.82, 2.24) is 9.55 Å². The van der Waals surface area contributed by atoms with E-state index in [1.54, 1.807) is 25.4 Å². The summed E-state index contributed by atoms with van der Waals surface area (Å²) in [5, 5.41) is 17.5. The Balaban J connectivity index is 1.38. The number of hydrogen-bond donors (Lipinski definition) is 3. The van der Waals surface area contributed by atoms with Gasteiger partial charge >= 0.3 is 5.92 Å². The van der Waals surface area contributed by atoms with Gasteiger partial charge in [0.2, 0.25) is 5.75 Å². The van der Waals surface area contributed by atoms with Gasteiger partial charge in [-0.1, -0.05) is 18.5 Å². The summed E-state index contributed by atoms with van der Waals surface area (Å²) in [6.45, 7) is 2.52. The van der Waals surface area contributed by atoms with E-state index in [0.29, 0.717) is 64.1 Å². The molecule has 3 aliphatic rings. The van der Waals surface area contributed by atoms with Crippen LogP contribution in [-0.4, -0.2) is 52.4 Å². The van der Waals surface area contributed by atoms with E-state index in [2.05, 4.69) is 22.5 Å². The molecule has 0 bridgehead atoms. The van der Waals surface area contributed by atoms with Gasteiger partial charge < -0.3 is 29.9 Å². The minimum atomic E-state index is -3.10. The van der Waals surface area contributed by atoms with E-state index in [1.165, 1.54) is 4.57 Å². The van der Waals surface area contributed by atoms with E-state index in [0.717, 1.165) is 13.0 Å². The third-order valence-corrected chi connectivity index (χ3v) is 7.99. The fourth-order valence-corrected chi connectivity index (χ4v) is 5.79. The summed E-state index contributed by atoms with van der Waals surface area (Å²) in [5.41, 5.74) is 1.69. The molecule has 1 saturated carbocycles. The number of nitrogens with zero attached hydrogens (tertiary/aromatic N) is 3. The summed E-state index contributed by atoms with van der Waals surface area (Å²) in [6, 6.07) is 6.12. The number of halogens is 3. The Morgan fingerprint density at radius 3 is 2.79 bits per heavy atom. The number of aromatic nitrogens is 2. The second kappa shape index (κ2) is 9.27. The Labute approximate surface area is 223 Å². The molecule has 3 aromatic rings. The van der Waals surface area contributed by atoms with Gasteiger partial charge in [-0.05, 0) is 49.3 Å². The average Bonchev–Trinajstić information content (AvgIpc) is 3.71. The Hall–Kier alpha value is -3.11. The van der Waals surface area contributed by atoms with Crippen LogP contribution in [0.3, 0.4) is 0 Å². The zero-order valence-electron chi connectivity index (χ0n) is 21.2. The van der Waals surface area contributed by atoms with Gasteiger partial charge in [-0.2, -0.15) is 0 Å². The lowest BCUT2D eigenvalue weighted by molar-refractivity contribution is -0.0579. The highest BCUT2D eigenvalue weighted by molar-refractivity contribution is 6.33. The molecule has 0 radical (unpaired) electrons. The predicted octanol–water partition coefficient (Wildman–Crippen LogP) is 4.76. The molecule has 11 heteroatoms. The number of rotatable bonds is 4. The number of benzene rings is 1. The minimum Gasteiger partial charge on any atom is -0.480 e. The van der Waals surface area contributed by atoms with Crippen LogP contribution in [0.4, 0.5) is 31.7 Å². The molecular weight excluding hydrogens is 516 g/mol. The van der Waals surface area contributed by atoms with Crippen molar-refractivity contribution in [1.29, 1.82) is 0 Å². The Bertz CT molecular complexity index is 1450. The lowest BCUT2D eigenvalue weighted by Crippen LogP contribution is -2.44. The first-order valence-electron chi connectivity index (χ1n) is 12.9. The monoisotopic (exact) mass is 545 g/mol. The first kappa shape index (κ1) is 25.2. The SMILES string of the molecule is C[C@H]1C[C@@H](O)CN(c2cc(Nc3ccc4c(c3)c3c(c(=O)n4C)OCC(F)(F)C(C4CC4)N3)c(Cl)cn2)C1. The largest absolute Gasteiger partial charge is 0.480 e. The molecule has 2 aliphatic heterocycles. The van der Waals surface area contributed by atoms with Crippen LogP contribution in [0, 0.1) is 11.8 Å². The molecule has 2 fully saturated rings. The van der Waals surface area contributed by atoms with Crippen LogP contribution in [0.2, 0.25) is 5.02 Å². The molecule has 202 valence electrons. The molecule has 0 amide bonds. The first-order chi connectivity index (χ1) is 18.1. The Morgan fingerprint density at radius 2 is 2.05 bits per heavy atom. The van der Waals surface area contributed by atoms with E-state index in [-0.39, 0.29) is 11.7 Å². The molecule has 1 aromatic carbocycles. The van der Waals surface area contributed by atoms with Crippen molar-refractivity contribution in [2.24, 2.45) is 18.9 Å². The normalized spacial score (nSPS) is 24.8. The number of alkyl halides is 2. The maximum Gasteiger partial charge on any atom is 0.301 e. The highest BCUT2D eigenvalue weighted by atomic mass is 35.5. The molecular formula is C27H30ClF2N5O3. The van der Waals surface area contributed by atoms with E-state index in [4.69, 9.17) is 16.3 Å². The second-order valence-corrected chi connectivity index (χ2v) is 11.3. The minimum absolute atomic E-state index is 0.0954. The van der Waals surface area contributed by atoms with E-state index < -0.39 is 30.2 Å². The number of fused-ring (bicyclic) bond motifs is 3. The number of nitrogens with one attached hydrogen (secondary N) is 2. The van der Waals surface area contributed by atoms with E-state index in [1.807, 2.05) is 17.0 Å². The molecule has 1 unspecified atom stereocenters. The van der Waals surface area contributed by atoms with Crippen molar-refractivity contribution in [2.45, 2.75) is 44.3 Å². The van der Waals surface area contributed by atoms with Crippen molar-refractivity contribution in [3.05, 3.63) is 45.8 Å². The van der Waals surface area contributed by atoms with Crippen LogP contribution in [0.5, 0.6) is 5.75 Å². The smallest absolute Gasteiger partial charge is 0.301 e. The third-order valence-electron chi connectivity index (χ3n) is 7.69. The topological polar surface area (TPSA) is 91.7 Å². The number of aryl methyl sites for hydroxylation is 1. The number of anilines is 4. The van der Waals surface area contributed by atoms with Crippen LogP contribution in [0.25, 0.3) is 10.9 Å². The van der Waals surface area contributed by atoms with Crippen LogP contribution in [-0.2, 0) is 7.05 Å². The Morgan fingerprint density at radius 1 is 1.26 bits per heavy atom. The van der Waals surface area contributed by atoms with E-state index >= 15 is 0 Å². The maximum absolute atomic E-state index is 14.9. The lowest BCUT2D eigenvalue weighted by Gasteiger charge is -2.35. The van der Waals surface area contributed by atoms with Crippen LogP contribution >= 0.6 is 11.6 Å². The van der Waals surface area contributed by atoms with Gasteiger partial charge in [0, 0.05) is 37.3 Å². The van der Waals surface area contributed by atoms with Gasteiger partial charge in [0.1, 0.15) is 5.82 Å². The molecule has 6 rings (SSSR count). The summed E-state index contributed by atoms with van der Waals surface area (Å²) in [4.78, 5) is 19.5. The molecule has 1 saturated heterocycles. The highest BCUT2D eigenvalue weighted by Gasteiger charge is 2.51. The van der Waals surface area contributed by atoms with Gasteiger partial charge in [0.05, 0.1) is 40.3 Å².